The average Bonchev–Trinajstić information content (AvgIpc) is 2.66. The largest absolute Gasteiger partial charge is 0.497 e. The average molecular weight is 356 g/mol. The van der Waals surface area contributed by atoms with Crippen molar-refractivity contribution in [2.75, 3.05) is 20.3 Å². The van der Waals surface area contributed by atoms with E-state index in [0.29, 0.717) is 18.6 Å². The maximum atomic E-state index is 12.3. The van der Waals surface area contributed by atoms with Gasteiger partial charge in [0, 0.05) is 0 Å². The minimum Gasteiger partial charge on any atom is -0.497 e. The van der Waals surface area contributed by atoms with Crippen molar-refractivity contribution in [2.24, 2.45) is 0 Å². The molecule has 0 bridgehead atoms. The normalized spacial score (nSPS) is 10.7. The van der Waals surface area contributed by atoms with Gasteiger partial charge in [0.05, 0.1) is 18.2 Å². The highest BCUT2D eigenvalue weighted by atomic mass is 16.5. The van der Waals surface area contributed by atoms with Crippen LogP contribution in [0.4, 0.5) is 0 Å². The summed E-state index contributed by atoms with van der Waals surface area (Å²) < 4.78 is 15.5. The van der Waals surface area contributed by atoms with E-state index < -0.39 is 11.9 Å². The molecule has 0 aliphatic carbocycles. The summed E-state index contributed by atoms with van der Waals surface area (Å²) in [6, 6.07) is 4.53. The number of benzene rings is 1. The van der Waals surface area contributed by atoms with Gasteiger partial charge in [-0.15, -0.1) is 13.2 Å². The fourth-order valence-corrected chi connectivity index (χ4v) is 1.92. The summed E-state index contributed by atoms with van der Waals surface area (Å²) in [5.41, 5.74) is 0.226. The number of carbonyl (C=O) groups is 2. The van der Waals surface area contributed by atoms with Crippen molar-refractivity contribution in [1.82, 2.24) is 0 Å². The van der Waals surface area contributed by atoms with E-state index in [4.69, 9.17) is 14.2 Å². The third-order valence-corrected chi connectivity index (χ3v) is 3.23. The van der Waals surface area contributed by atoms with E-state index in [1.807, 2.05) is 12.2 Å². The Morgan fingerprint density at radius 1 is 0.885 bits per heavy atom. The molecule has 26 heavy (non-hydrogen) atoms. The molecule has 0 radical (unpaired) electrons. The summed E-state index contributed by atoms with van der Waals surface area (Å²) in [4.78, 5) is 24.6. The maximum absolute atomic E-state index is 12.3. The van der Waals surface area contributed by atoms with Crippen molar-refractivity contribution in [2.45, 2.75) is 12.8 Å². The highest BCUT2D eigenvalue weighted by Crippen LogP contribution is 2.20. The third kappa shape index (κ3) is 7.21. The first-order valence-corrected chi connectivity index (χ1v) is 8.18. The molecule has 0 heterocycles. The number of hydrogen-bond acceptors (Lipinski definition) is 5. The van der Waals surface area contributed by atoms with Crippen molar-refractivity contribution in [1.29, 1.82) is 0 Å². The molecule has 0 N–H and O–H groups in total. The molecule has 1 aromatic rings. The second-order valence-electron chi connectivity index (χ2n) is 5.10. The lowest BCUT2D eigenvalue weighted by molar-refractivity contribution is 0.0502. The van der Waals surface area contributed by atoms with Gasteiger partial charge < -0.3 is 14.2 Å². The summed E-state index contributed by atoms with van der Waals surface area (Å²) in [7, 11) is 1.48. The Morgan fingerprint density at radius 2 is 1.42 bits per heavy atom. The summed E-state index contributed by atoms with van der Waals surface area (Å²) >= 11 is 0. The number of hydrogen-bond donors (Lipinski definition) is 0. The van der Waals surface area contributed by atoms with Crippen LogP contribution in [0.15, 0.2) is 67.8 Å². The SMILES string of the molecule is C=CCC=CCOC(=O)c1ccc(OC)cc1C(=O)OCC=CCC=C. The minimum atomic E-state index is -0.624. The second kappa shape index (κ2) is 12.3. The van der Waals surface area contributed by atoms with Gasteiger partial charge in [0.15, 0.2) is 0 Å². The molecule has 0 aromatic heterocycles. The lowest BCUT2D eigenvalue weighted by Crippen LogP contribution is -2.14. The van der Waals surface area contributed by atoms with Gasteiger partial charge >= 0.3 is 11.9 Å². The number of carbonyl (C=O) groups excluding carboxylic acids is 2. The van der Waals surface area contributed by atoms with Gasteiger partial charge in [-0.1, -0.05) is 36.5 Å². The Labute approximate surface area is 154 Å². The Balaban J connectivity index is 2.84. The molecular formula is C21H24O5. The van der Waals surface area contributed by atoms with Crippen LogP contribution in [-0.2, 0) is 9.47 Å². The first-order chi connectivity index (χ1) is 12.6. The Kier molecular flexibility index (Phi) is 9.92. The Bertz CT molecular complexity index is 686. The van der Waals surface area contributed by atoms with Gasteiger partial charge in [0.25, 0.3) is 0 Å². The molecule has 0 spiro atoms. The third-order valence-electron chi connectivity index (χ3n) is 3.23. The fraction of sp³-hybridized carbons (Fsp3) is 0.238. The number of methoxy groups -OCH3 is 1. The molecule has 0 saturated heterocycles. The predicted octanol–water partition coefficient (Wildman–Crippen LogP) is 4.27. The molecule has 1 aromatic carbocycles. The van der Waals surface area contributed by atoms with Crippen LogP contribution in [0, 0.1) is 0 Å². The van der Waals surface area contributed by atoms with Gasteiger partial charge in [-0.3, -0.25) is 0 Å². The van der Waals surface area contributed by atoms with E-state index in [9.17, 15) is 9.59 Å². The number of rotatable bonds is 11. The Hall–Kier alpha value is -3.08. The molecule has 5 nitrogen and oxygen atoms in total. The van der Waals surface area contributed by atoms with Crippen molar-refractivity contribution in [3.05, 3.63) is 78.9 Å². The van der Waals surface area contributed by atoms with E-state index in [1.54, 1.807) is 30.4 Å². The van der Waals surface area contributed by atoms with Gasteiger partial charge in [0.1, 0.15) is 19.0 Å². The highest BCUT2D eigenvalue weighted by Gasteiger charge is 2.20. The van der Waals surface area contributed by atoms with E-state index in [1.165, 1.54) is 19.2 Å². The summed E-state index contributed by atoms with van der Waals surface area (Å²) in [5, 5.41) is 0. The quantitative estimate of drug-likeness (QED) is 0.438. The molecule has 0 atom stereocenters. The van der Waals surface area contributed by atoms with E-state index in [2.05, 4.69) is 13.2 Å². The zero-order chi connectivity index (χ0) is 19.2. The van der Waals surface area contributed by atoms with Crippen LogP contribution in [-0.4, -0.2) is 32.3 Å². The zero-order valence-corrected chi connectivity index (χ0v) is 15.0. The van der Waals surface area contributed by atoms with Crippen molar-refractivity contribution < 1.29 is 23.8 Å². The number of esters is 2. The smallest absolute Gasteiger partial charge is 0.339 e. The first kappa shape index (κ1) is 21.0. The summed E-state index contributed by atoms with van der Waals surface area (Å²) in [6.07, 6.45) is 11.9. The number of allylic oxidation sites excluding steroid dienone is 4. The lowest BCUT2D eigenvalue weighted by atomic mass is 10.1. The molecule has 138 valence electrons. The van der Waals surface area contributed by atoms with Crippen LogP contribution in [0.5, 0.6) is 5.75 Å². The molecule has 0 fully saturated rings. The molecule has 0 amide bonds. The molecule has 0 saturated carbocycles. The van der Waals surface area contributed by atoms with Crippen LogP contribution >= 0.6 is 0 Å². The second-order valence-corrected chi connectivity index (χ2v) is 5.10. The standard InChI is InChI=1S/C21H24O5/c1-4-6-8-10-14-25-20(22)18-13-12-17(24-3)16-19(18)21(23)26-15-11-9-7-5-2/h4-5,8-13,16H,1-2,6-7,14-15H2,3H3. The van der Waals surface area contributed by atoms with E-state index in [-0.39, 0.29) is 24.3 Å². The molecule has 0 aliphatic heterocycles. The lowest BCUT2D eigenvalue weighted by Gasteiger charge is -2.10. The van der Waals surface area contributed by atoms with Gasteiger partial charge in [0.2, 0.25) is 0 Å². The molecule has 5 heteroatoms. The maximum Gasteiger partial charge on any atom is 0.339 e. The van der Waals surface area contributed by atoms with Crippen LogP contribution in [0.2, 0.25) is 0 Å². The van der Waals surface area contributed by atoms with Crippen molar-refractivity contribution in [3.8, 4) is 5.75 Å². The minimum absolute atomic E-state index is 0.0986. The van der Waals surface area contributed by atoms with Crippen LogP contribution in [0.3, 0.4) is 0 Å². The van der Waals surface area contributed by atoms with Crippen LogP contribution < -0.4 is 4.74 Å². The van der Waals surface area contributed by atoms with Gasteiger partial charge in [-0.05, 0) is 31.0 Å². The van der Waals surface area contributed by atoms with E-state index >= 15 is 0 Å². The topological polar surface area (TPSA) is 61.8 Å². The molecule has 0 aliphatic rings. The first-order valence-electron chi connectivity index (χ1n) is 8.18. The fourth-order valence-electron chi connectivity index (χ4n) is 1.92. The van der Waals surface area contributed by atoms with Crippen molar-refractivity contribution >= 4 is 11.9 Å². The van der Waals surface area contributed by atoms with Crippen LogP contribution in [0.1, 0.15) is 33.6 Å². The predicted molar refractivity (Wildman–Crippen MR) is 101 cm³/mol. The monoisotopic (exact) mass is 356 g/mol. The van der Waals surface area contributed by atoms with Crippen molar-refractivity contribution in [3.63, 3.8) is 0 Å². The van der Waals surface area contributed by atoms with E-state index in [0.717, 1.165) is 0 Å². The molecule has 1 rings (SSSR count). The number of ether oxygens (including phenoxy) is 3. The Morgan fingerprint density at radius 3 is 1.92 bits per heavy atom. The summed E-state index contributed by atoms with van der Waals surface area (Å²) in [5.74, 6) is -0.784. The van der Waals surface area contributed by atoms with Gasteiger partial charge in [-0.2, -0.15) is 0 Å². The molecular weight excluding hydrogens is 332 g/mol. The summed E-state index contributed by atoms with van der Waals surface area (Å²) in [6.45, 7) is 7.40. The molecule has 0 unspecified atom stereocenters. The van der Waals surface area contributed by atoms with Crippen LogP contribution in [0.25, 0.3) is 0 Å². The van der Waals surface area contributed by atoms with Gasteiger partial charge in [-0.25, -0.2) is 9.59 Å². The highest BCUT2D eigenvalue weighted by molar-refractivity contribution is 6.03. The zero-order valence-electron chi connectivity index (χ0n) is 15.0.